The highest BCUT2D eigenvalue weighted by atomic mass is 32.1. The molecule has 2 aromatic rings. The summed E-state index contributed by atoms with van der Waals surface area (Å²) in [5, 5.41) is 13.8. The SMILES string of the molecule is Cc1ccc(CNC2CC(C)c3c(C)ccc(O)c32)s1. The van der Waals surface area contributed by atoms with Crippen LogP contribution >= 0.6 is 11.3 Å². The predicted molar refractivity (Wildman–Crippen MR) is 84.5 cm³/mol. The quantitative estimate of drug-likeness (QED) is 0.876. The van der Waals surface area contributed by atoms with Gasteiger partial charge in [-0.15, -0.1) is 11.3 Å². The van der Waals surface area contributed by atoms with Gasteiger partial charge in [0.15, 0.2) is 0 Å². The molecule has 3 heteroatoms. The Morgan fingerprint density at radius 2 is 2.00 bits per heavy atom. The number of hydrogen-bond acceptors (Lipinski definition) is 3. The first kappa shape index (κ1) is 13.7. The molecule has 0 saturated carbocycles. The highest BCUT2D eigenvalue weighted by Gasteiger charge is 2.31. The Labute approximate surface area is 124 Å². The second kappa shape index (κ2) is 5.23. The first-order chi connectivity index (χ1) is 9.56. The van der Waals surface area contributed by atoms with Gasteiger partial charge in [0.25, 0.3) is 0 Å². The van der Waals surface area contributed by atoms with Crippen molar-refractivity contribution in [2.45, 2.75) is 45.7 Å². The van der Waals surface area contributed by atoms with Gasteiger partial charge >= 0.3 is 0 Å². The summed E-state index contributed by atoms with van der Waals surface area (Å²) in [7, 11) is 0. The van der Waals surface area contributed by atoms with Crippen LogP contribution in [0, 0.1) is 13.8 Å². The van der Waals surface area contributed by atoms with Crippen LogP contribution in [-0.2, 0) is 6.54 Å². The number of aryl methyl sites for hydroxylation is 2. The Hall–Kier alpha value is -1.32. The summed E-state index contributed by atoms with van der Waals surface area (Å²) in [5.41, 5.74) is 3.75. The van der Waals surface area contributed by atoms with E-state index >= 15 is 0 Å². The van der Waals surface area contributed by atoms with E-state index in [0.717, 1.165) is 18.5 Å². The number of thiophene rings is 1. The zero-order chi connectivity index (χ0) is 14.3. The fourth-order valence-corrected chi connectivity index (χ4v) is 4.17. The van der Waals surface area contributed by atoms with Crippen LogP contribution in [-0.4, -0.2) is 5.11 Å². The molecule has 106 valence electrons. The van der Waals surface area contributed by atoms with Gasteiger partial charge in [-0.1, -0.05) is 13.0 Å². The third-order valence-electron chi connectivity index (χ3n) is 4.23. The maximum Gasteiger partial charge on any atom is 0.120 e. The first-order valence-corrected chi connectivity index (χ1v) is 7.99. The number of aromatic hydroxyl groups is 1. The van der Waals surface area contributed by atoms with Gasteiger partial charge in [0, 0.05) is 27.9 Å². The van der Waals surface area contributed by atoms with E-state index in [2.05, 4.69) is 38.2 Å². The molecule has 1 aliphatic carbocycles. The van der Waals surface area contributed by atoms with Gasteiger partial charge in [0.05, 0.1) is 0 Å². The van der Waals surface area contributed by atoms with Crippen molar-refractivity contribution in [2.24, 2.45) is 0 Å². The summed E-state index contributed by atoms with van der Waals surface area (Å²) in [6.45, 7) is 7.40. The molecule has 2 atom stereocenters. The topological polar surface area (TPSA) is 32.3 Å². The Balaban J connectivity index is 1.82. The summed E-state index contributed by atoms with van der Waals surface area (Å²) in [6, 6.07) is 8.46. The number of fused-ring (bicyclic) bond motifs is 1. The van der Waals surface area contributed by atoms with Gasteiger partial charge in [-0.25, -0.2) is 0 Å². The minimum Gasteiger partial charge on any atom is -0.508 e. The molecule has 1 heterocycles. The van der Waals surface area contributed by atoms with Crippen molar-refractivity contribution in [3.63, 3.8) is 0 Å². The molecule has 0 fully saturated rings. The second-order valence-corrected chi connectivity index (χ2v) is 7.18. The van der Waals surface area contributed by atoms with E-state index in [1.807, 2.05) is 23.5 Å². The molecular formula is C17H21NOS. The van der Waals surface area contributed by atoms with E-state index in [-0.39, 0.29) is 6.04 Å². The molecule has 2 nitrogen and oxygen atoms in total. The largest absolute Gasteiger partial charge is 0.508 e. The number of rotatable bonds is 3. The van der Waals surface area contributed by atoms with Gasteiger partial charge in [0.2, 0.25) is 0 Å². The van der Waals surface area contributed by atoms with Crippen molar-refractivity contribution in [1.82, 2.24) is 5.32 Å². The second-order valence-electron chi connectivity index (χ2n) is 5.81. The van der Waals surface area contributed by atoms with Crippen LogP contribution in [0.2, 0.25) is 0 Å². The molecule has 0 amide bonds. The van der Waals surface area contributed by atoms with Gasteiger partial charge in [-0.2, -0.15) is 0 Å². The van der Waals surface area contributed by atoms with Gasteiger partial charge in [-0.3, -0.25) is 0 Å². The molecular weight excluding hydrogens is 266 g/mol. The van der Waals surface area contributed by atoms with E-state index in [1.54, 1.807) is 0 Å². The van der Waals surface area contributed by atoms with E-state index < -0.39 is 0 Å². The Morgan fingerprint density at radius 1 is 1.20 bits per heavy atom. The lowest BCUT2D eigenvalue weighted by atomic mass is 9.97. The van der Waals surface area contributed by atoms with Crippen LogP contribution in [0.5, 0.6) is 5.75 Å². The lowest BCUT2D eigenvalue weighted by Crippen LogP contribution is -2.18. The summed E-state index contributed by atoms with van der Waals surface area (Å²) < 4.78 is 0. The van der Waals surface area contributed by atoms with Gasteiger partial charge < -0.3 is 10.4 Å². The number of hydrogen-bond donors (Lipinski definition) is 2. The molecule has 0 saturated heterocycles. The highest BCUT2D eigenvalue weighted by Crippen LogP contribution is 2.46. The number of benzene rings is 1. The van der Waals surface area contributed by atoms with Gasteiger partial charge in [-0.05, 0) is 55.5 Å². The molecule has 1 aromatic heterocycles. The normalized spacial score (nSPS) is 21.1. The van der Waals surface area contributed by atoms with Crippen molar-refractivity contribution in [3.8, 4) is 5.75 Å². The molecule has 2 N–H and O–H groups in total. The highest BCUT2D eigenvalue weighted by molar-refractivity contribution is 7.11. The number of nitrogens with one attached hydrogen (secondary N) is 1. The van der Waals surface area contributed by atoms with E-state index in [4.69, 9.17) is 0 Å². The van der Waals surface area contributed by atoms with E-state index in [9.17, 15) is 5.11 Å². The Kier molecular flexibility index (Phi) is 3.57. The van der Waals surface area contributed by atoms with Crippen LogP contribution in [0.4, 0.5) is 0 Å². The molecule has 20 heavy (non-hydrogen) atoms. The third-order valence-corrected chi connectivity index (χ3v) is 5.23. The predicted octanol–water partition coefficient (Wildman–Crippen LogP) is 4.41. The smallest absolute Gasteiger partial charge is 0.120 e. The van der Waals surface area contributed by atoms with Crippen LogP contribution in [0.1, 0.15) is 51.7 Å². The summed E-state index contributed by atoms with van der Waals surface area (Å²) >= 11 is 1.84. The van der Waals surface area contributed by atoms with E-state index in [0.29, 0.717) is 11.7 Å². The Bertz CT molecular complexity index is 632. The zero-order valence-electron chi connectivity index (χ0n) is 12.2. The standard InChI is InChI=1S/C17H21NOS/c1-10-4-7-15(19)17-14(8-11(2)16(10)17)18-9-13-6-5-12(3)20-13/h4-7,11,14,18-19H,8-9H2,1-3H3. The van der Waals surface area contributed by atoms with Crippen molar-refractivity contribution >= 4 is 11.3 Å². The summed E-state index contributed by atoms with van der Waals surface area (Å²) in [6.07, 6.45) is 1.07. The summed E-state index contributed by atoms with van der Waals surface area (Å²) in [5.74, 6) is 0.953. The molecule has 0 spiro atoms. The number of phenolic OH excluding ortho intramolecular Hbond substituents is 1. The Morgan fingerprint density at radius 3 is 2.70 bits per heavy atom. The maximum atomic E-state index is 10.2. The minimum atomic E-state index is 0.266. The molecule has 3 rings (SSSR count). The average Bonchev–Trinajstić information content (AvgIpc) is 2.96. The monoisotopic (exact) mass is 287 g/mol. The van der Waals surface area contributed by atoms with Crippen molar-refractivity contribution in [3.05, 3.63) is 50.7 Å². The van der Waals surface area contributed by atoms with Crippen molar-refractivity contribution in [1.29, 1.82) is 0 Å². The van der Waals surface area contributed by atoms with Crippen molar-refractivity contribution in [2.75, 3.05) is 0 Å². The molecule has 2 unspecified atom stereocenters. The molecule has 0 aliphatic heterocycles. The average molecular weight is 287 g/mol. The maximum absolute atomic E-state index is 10.2. The fraction of sp³-hybridized carbons (Fsp3) is 0.412. The molecule has 0 bridgehead atoms. The molecule has 1 aromatic carbocycles. The first-order valence-electron chi connectivity index (χ1n) is 7.17. The summed E-state index contributed by atoms with van der Waals surface area (Å²) in [4.78, 5) is 2.71. The number of phenols is 1. The molecule has 1 aliphatic rings. The van der Waals surface area contributed by atoms with Crippen molar-refractivity contribution < 1.29 is 5.11 Å². The van der Waals surface area contributed by atoms with Crippen LogP contribution in [0.15, 0.2) is 24.3 Å². The van der Waals surface area contributed by atoms with Crippen LogP contribution in [0.3, 0.4) is 0 Å². The van der Waals surface area contributed by atoms with Crippen LogP contribution in [0.25, 0.3) is 0 Å². The lowest BCUT2D eigenvalue weighted by molar-refractivity contribution is 0.445. The minimum absolute atomic E-state index is 0.266. The fourth-order valence-electron chi connectivity index (χ4n) is 3.33. The van der Waals surface area contributed by atoms with E-state index in [1.165, 1.54) is 20.9 Å². The van der Waals surface area contributed by atoms with Crippen LogP contribution < -0.4 is 5.32 Å². The van der Waals surface area contributed by atoms with Gasteiger partial charge in [0.1, 0.15) is 5.75 Å². The lowest BCUT2D eigenvalue weighted by Gasteiger charge is -2.15. The zero-order valence-corrected chi connectivity index (χ0v) is 13.1. The molecule has 0 radical (unpaired) electrons. The third kappa shape index (κ3) is 2.36.